The van der Waals surface area contributed by atoms with Crippen molar-refractivity contribution >= 4 is 0 Å². The summed E-state index contributed by atoms with van der Waals surface area (Å²) in [5.74, 6) is 0.869. The zero-order valence-electron chi connectivity index (χ0n) is 6.73. The van der Waals surface area contributed by atoms with Gasteiger partial charge in [0.05, 0.1) is 0 Å². The van der Waals surface area contributed by atoms with E-state index in [4.69, 9.17) is 4.74 Å². The Bertz CT molecular complexity index is 79.3. The minimum Gasteiger partial charge on any atom is -0.385 e. The maximum absolute atomic E-state index is 5.02. The van der Waals surface area contributed by atoms with E-state index in [1.807, 2.05) is 0 Å². The Hall–Kier alpha value is -0.0800. The number of methoxy groups -OCH3 is 1. The van der Waals surface area contributed by atoms with Crippen LogP contribution in [0.3, 0.4) is 0 Å². The van der Waals surface area contributed by atoms with Gasteiger partial charge >= 0.3 is 0 Å². The molecular formula is C8H17NO. The first-order valence-corrected chi connectivity index (χ1v) is 4.13. The van der Waals surface area contributed by atoms with Crippen molar-refractivity contribution in [3.63, 3.8) is 0 Å². The van der Waals surface area contributed by atoms with E-state index in [1.54, 1.807) is 7.11 Å². The summed E-state index contributed by atoms with van der Waals surface area (Å²) in [6.45, 7) is 3.33. The summed E-state index contributed by atoms with van der Waals surface area (Å²) in [4.78, 5) is 0. The molecule has 60 valence electrons. The fraction of sp³-hybridized carbons (Fsp3) is 1.00. The Morgan fingerprint density at radius 1 is 1.60 bits per heavy atom. The second kappa shape index (κ2) is 4.69. The van der Waals surface area contributed by atoms with Crippen molar-refractivity contribution in [3.8, 4) is 0 Å². The van der Waals surface area contributed by atoms with Gasteiger partial charge in [-0.05, 0) is 38.3 Å². The van der Waals surface area contributed by atoms with Gasteiger partial charge in [0, 0.05) is 13.7 Å². The highest BCUT2D eigenvalue weighted by Gasteiger charge is 2.11. The Morgan fingerprint density at radius 2 is 2.50 bits per heavy atom. The molecule has 0 saturated carbocycles. The lowest BCUT2D eigenvalue weighted by Crippen LogP contribution is -2.30. The van der Waals surface area contributed by atoms with Crippen molar-refractivity contribution in [2.75, 3.05) is 26.8 Å². The van der Waals surface area contributed by atoms with Crippen LogP contribution in [0.5, 0.6) is 0 Å². The lowest BCUT2D eigenvalue weighted by Gasteiger charge is -2.21. The number of hydrogen-bond acceptors (Lipinski definition) is 2. The summed E-state index contributed by atoms with van der Waals surface area (Å²) < 4.78 is 5.02. The summed E-state index contributed by atoms with van der Waals surface area (Å²) >= 11 is 0. The number of hydrogen-bond donors (Lipinski definition) is 1. The molecule has 1 fully saturated rings. The Balaban J connectivity index is 2.02. The van der Waals surface area contributed by atoms with Gasteiger partial charge < -0.3 is 10.1 Å². The number of piperidine rings is 1. The van der Waals surface area contributed by atoms with Crippen LogP contribution in [0.2, 0.25) is 0 Å². The van der Waals surface area contributed by atoms with E-state index in [2.05, 4.69) is 5.32 Å². The van der Waals surface area contributed by atoms with Crippen LogP contribution in [0.15, 0.2) is 0 Å². The van der Waals surface area contributed by atoms with E-state index in [1.165, 1.54) is 32.4 Å². The maximum Gasteiger partial charge on any atom is 0.0465 e. The molecule has 1 saturated heterocycles. The standard InChI is InChI=1S/C8H17NO/c1-10-6-4-8-3-2-5-9-7-8/h8-9H,2-7H2,1H3. The molecule has 2 heteroatoms. The average molecular weight is 143 g/mol. The lowest BCUT2D eigenvalue weighted by molar-refractivity contribution is 0.169. The Labute approximate surface area is 63.0 Å². The molecule has 1 heterocycles. The molecule has 0 aromatic rings. The van der Waals surface area contributed by atoms with Crippen molar-refractivity contribution in [2.45, 2.75) is 19.3 Å². The summed E-state index contributed by atoms with van der Waals surface area (Å²) in [7, 11) is 1.77. The first-order chi connectivity index (χ1) is 4.93. The quantitative estimate of drug-likeness (QED) is 0.637. The highest BCUT2D eigenvalue weighted by Crippen LogP contribution is 2.13. The molecule has 0 aliphatic carbocycles. The van der Waals surface area contributed by atoms with Crippen LogP contribution >= 0.6 is 0 Å². The Morgan fingerprint density at radius 3 is 3.10 bits per heavy atom. The van der Waals surface area contributed by atoms with Crippen LogP contribution in [0, 0.1) is 5.92 Å². The number of rotatable bonds is 3. The molecule has 1 aliphatic heterocycles. The van der Waals surface area contributed by atoms with Crippen molar-refractivity contribution in [3.05, 3.63) is 0 Å². The minimum atomic E-state index is 0.869. The lowest BCUT2D eigenvalue weighted by atomic mass is 9.97. The summed E-state index contributed by atoms with van der Waals surface area (Å²) in [6.07, 6.45) is 3.95. The summed E-state index contributed by atoms with van der Waals surface area (Å²) in [5, 5.41) is 3.39. The summed E-state index contributed by atoms with van der Waals surface area (Å²) in [6, 6.07) is 0. The number of ether oxygens (including phenoxy) is 1. The predicted octanol–water partition coefficient (Wildman–Crippen LogP) is 1.02. The van der Waals surface area contributed by atoms with E-state index < -0.39 is 0 Å². The smallest absolute Gasteiger partial charge is 0.0465 e. The van der Waals surface area contributed by atoms with Crippen molar-refractivity contribution < 1.29 is 4.74 Å². The minimum absolute atomic E-state index is 0.869. The third-order valence-electron chi connectivity index (χ3n) is 2.13. The average Bonchev–Trinajstić information content (AvgIpc) is 2.03. The predicted molar refractivity (Wildman–Crippen MR) is 42.1 cm³/mol. The normalized spacial score (nSPS) is 26.7. The topological polar surface area (TPSA) is 21.3 Å². The van der Waals surface area contributed by atoms with Gasteiger partial charge in [-0.15, -0.1) is 0 Å². The van der Waals surface area contributed by atoms with E-state index in [0.717, 1.165) is 12.5 Å². The van der Waals surface area contributed by atoms with Crippen LogP contribution in [-0.4, -0.2) is 26.8 Å². The van der Waals surface area contributed by atoms with E-state index in [9.17, 15) is 0 Å². The third-order valence-corrected chi connectivity index (χ3v) is 2.13. The molecule has 0 bridgehead atoms. The largest absolute Gasteiger partial charge is 0.385 e. The molecular weight excluding hydrogens is 126 g/mol. The van der Waals surface area contributed by atoms with Gasteiger partial charge in [-0.3, -0.25) is 0 Å². The molecule has 0 radical (unpaired) electrons. The molecule has 1 unspecified atom stereocenters. The fourth-order valence-corrected chi connectivity index (χ4v) is 1.45. The highest BCUT2D eigenvalue weighted by molar-refractivity contribution is 4.68. The summed E-state index contributed by atoms with van der Waals surface area (Å²) in [5.41, 5.74) is 0. The zero-order chi connectivity index (χ0) is 7.23. The van der Waals surface area contributed by atoms with Gasteiger partial charge in [0.15, 0.2) is 0 Å². The zero-order valence-corrected chi connectivity index (χ0v) is 6.73. The van der Waals surface area contributed by atoms with Crippen molar-refractivity contribution in [2.24, 2.45) is 5.92 Å². The van der Waals surface area contributed by atoms with Gasteiger partial charge in [-0.1, -0.05) is 0 Å². The monoisotopic (exact) mass is 143 g/mol. The molecule has 0 aromatic carbocycles. The number of nitrogens with one attached hydrogen (secondary N) is 1. The fourth-order valence-electron chi connectivity index (χ4n) is 1.45. The molecule has 1 rings (SSSR count). The molecule has 10 heavy (non-hydrogen) atoms. The molecule has 0 aromatic heterocycles. The highest BCUT2D eigenvalue weighted by atomic mass is 16.5. The second-order valence-corrected chi connectivity index (χ2v) is 2.99. The first-order valence-electron chi connectivity index (χ1n) is 4.13. The van der Waals surface area contributed by atoms with Crippen LogP contribution in [0.25, 0.3) is 0 Å². The molecule has 0 amide bonds. The SMILES string of the molecule is COCCC1CCCNC1. The molecule has 0 spiro atoms. The third kappa shape index (κ3) is 2.67. The first kappa shape index (κ1) is 8.02. The van der Waals surface area contributed by atoms with Gasteiger partial charge in [0.1, 0.15) is 0 Å². The van der Waals surface area contributed by atoms with E-state index >= 15 is 0 Å². The van der Waals surface area contributed by atoms with Crippen LogP contribution in [0.1, 0.15) is 19.3 Å². The van der Waals surface area contributed by atoms with E-state index in [-0.39, 0.29) is 0 Å². The molecule has 1 atom stereocenters. The van der Waals surface area contributed by atoms with Crippen LogP contribution < -0.4 is 5.32 Å². The van der Waals surface area contributed by atoms with Crippen molar-refractivity contribution in [1.29, 1.82) is 0 Å². The Kier molecular flexibility index (Phi) is 3.76. The van der Waals surface area contributed by atoms with Crippen LogP contribution in [-0.2, 0) is 4.74 Å². The van der Waals surface area contributed by atoms with Crippen LogP contribution in [0.4, 0.5) is 0 Å². The van der Waals surface area contributed by atoms with Gasteiger partial charge in [0.2, 0.25) is 0 Å². The van der Waals surface area contributed by atoms with Crippen molar-refractivity contribution in [1.82, 2.24) is 5.32 Å². The molecule has 2 nitrogen and oxygen atoms in total. The van der Waals surface area contributed by atoms with Gasteiger partial charge in [-0.25, -0.2) is 0 Å². The maximum atomic E-state index is 5.02. The van der Waals surface area contributed by atoms with Gasteiger partial charge in [-0.2, -0.15) is 0 Å². The van der Waals surface area contributed by atoms with E-state index in [0.29, 0.717) is 0 Å². The second-order valence-electron chi connectivity index (χ2n) is 2.99. The van der Waals surface area contributed by atoms with Gasteiger partial charge in [0.25, 0.3) is 0 Å². The molecule has 1 aliphatic rings. The molecule has 1 N–H and O–H groups in total.